The molecule has 0 saturated heterocycles. The molecule has 0 aliphatic heterocycles. The van der Waals surface area contributed by atoms with Crippen LogP contribution in [0.3, 0.4) is 0 Å². The van der Waals surface area contributed by atoms with E-state index in [-0.39, 0.29) is 5.91 Å². The van der Waals surface area contributed by atoms with Crippen LogP contribution < -0.4 is 10.1 Å². The molecule has 1 N–H and O–H groups in total. The molecule has 0 radical (unpaired) electrons. The fraction of sp³-hybridized carbons (Fsp3) is 0.0833. The maximum Gasteiger partial charge on any atom is 0.261 e. The van der Waals surface area contributed by atoms with Crippen molar-refractivity contribution in [2.75, 3.05) is 12.4 Å². The zero-order valence-electron chi connectivity index (χ0n) is 9.25. The van der Waals surface area contributed by atoms with Crippen molar-refractivity contribution < 1.29 is 9.53 Å². The number of pyridine rings is 2. The van der Waals surface area contributed by atoms with Gasteiger partial charge in [-0.3, -0.25) is 9.78 Å². The highest BCUT2D eigenvalue weighted by molar-refractivity contribution is 6.05. The molecular weight excluding hydrogens is 218 g/mol. The van der Waals surface area contributed by atoms with E-state index in [1.807, 2.05) is 0 Å². The minimum Gasteiger partial charge on any atom is -0.480 e. The summed E-state index contributed by atoms with van der Waals surface area (Å²) in [6, 6.07) is 6.76. The highest BCUT2D eigenvalue weighted by atomic mass is 16.5. The molecule has 2 aromatic rings. The molecule has 0 aliphatic rings. The molecule has 1 amide bonds. The van der Waals surface area contributed by atoms with Crippen LogP contribution in [-0.2, 0) is 0 Å². The zero-order valence-corrected chi connectivity index (χ0v) is 9.25. The maximum atomic E-state index is 11.9. The first-order valence-corrected chi connectivity index (χ1v) is 5.01. The van der Waals surface area contributed by atoms with Crippen LogP contribution in [0.2, 0.25) is 0 Å². The summed E-state index contributed by atoms with van der Waals surface area (Å²) in [5.41, 5.74) is 1.07. The summed E-state index contributed by atoms with van der Waals surface area (Å²) < 4.78 is 5.02. The second kappa shape index (κ2) is 5.07. The van der Waals surface area contributed by atoms with E-state index in [2.05, 4.69) is 15.3 Å². The molecule has 0 fully saturated rings. The van der Waals surface area contributed by atoms with Crippen molar-refractivity contribution in [1.82, 2.24) is 9.97 Å². The lowest BCUT2D eigenvalue weighted by Crippen LogP contribution is -2.13. The number of nitrogens with zero attached hydrogens (tertiary/aromatic N) is 2. The van der Waals surface area contributed by atoms with Crippen molar-refractivity contribution in [2.45, 2.75) is 0 Å². The number of nitrogens with one attached hydrogen (secondary N) is 1. The lowest BCUT2D eigenvalue weighted by atomic mass is 10.2. The summed E-state index contributed by atoms with van der Waals surface area (Å²) in [7, 11) is 1.48. The van der Waals surface area contributed by atoms with Crippen LogP contribution in [0.4, 0.5) is 5.69 Å². The zero-order chi connectivity index (χ0) is 12.1. The molecule has 0 bridgehead atoms. The molecule has 0 spiro atoms. The SMILES string of the molecule is COc1ncccc1C(=O)Nc1ccncc1. The van der Waals surface area contributed by atoms with Gasteiger partial charge in [0.05, 0.1) is 7.11 Å². The molecular formula is C12H11N3O2. The van der Waals surface area contributed by atoms with Gasteiger partial charge in [-0.2, -0.15) is 0 Å². The Morgan fingerprint density at radius 2 is 2.00 bits per heavy atom. The third kappa shape index (κ3) is 2.57. The number of carbonyl (C=O) groups is 1. The Kier molecular flexibility index (Phi) is 3.30. The lowest BCUT2D eigenvalue weighted by Gasteiger charge is -2.07. The molecule has 0 saturated carbocycles. The fourth-order valence-corrected chi connectivity index (χ4v) is 1.36. The summed E-state index contributed by atoms with van der Waals surface area (Å²) in [6.07, 6.45) is 4.79. The first-order chi connectivity index (χ1) is 8.31. The molecule has 0 atom stereocenters. The van der Waals surface area contributed by atoms with Crippen molar-refractivity contribution in [3.63, 3.8) is 0 Å². The topological polar surface area (TPSA) is 64.1 Å². The Morgan fingerprint density at radius 1 is 1.24 bits per heavy atom. The second-order valence-corrected chi connectivity index (χ2v) is 3.25. The molecule has 17 heavy (non-hydrogen) atoms. The number of hydrogen-bond donors (Lipinski definition) is 1. The summed E-state index contributed by atoms with van der Waals surface area (Å²) in [4.78, 5) is 19.8. The fourth-order valence-electron chi connectivity index (χ4n) is 1.36. The summed E-state index contributed by atoms with van der Waals surface area (Å²) >= 11 is 0. The molecule has 2 rings (SSSR count). The molecule has 5 heteroatoms. The third-order valence-corrected chi connectivity index (χ3v) is 2.15. The van der Waals surface area contributed by atoms with E-state index >= 15 is 0 Å². The van der Waals surface area contributed by atoms with Gasteiger partial charge in [0, 0.05) is 24.3 Å². The number of anilines is 1. The van der Waals surface area contributed by atoms with E-state index in [9.17, 15) is 4.79 Å². The largest absolute Gasteiger partial charge is 0.480 e. The predicted molar refractivity (Wildman–Crippen MR) is 63.0 cm³/mol. The Bertz CT molecular complexity index is 514. The highest BCUT2D eigenvalue weighted by Crippen LogP contribution is 2.15. The first-order valence-electron chi connectivity index (χ1n) is 5.01. The lowest BCUT2D eigenvalue weighted by molar-refractivity contribution is 0.102. The first kappa shape index (κ1) is 11.1. The minimum atomic E-state index is -0.263. The van der Waals surface area contributed by atoms with Gasteiger partial charge in [0.2, 0.25) is 5.88 Å². The Balaban J connectivity index is 2.20. The van der Waals surface area contributed by atoms with Crippen molar-refractivity contribution >= 4 is 11.6 Å². The van der Waals surface area contributed by atoms with Gasteiger partial charge >= 0.3 is 0 Å². The van der Waals surface area contributed by atoms with E-state index in [0.29, 0.717) is 17.1 Å². The standard InChI is InChI=1S/C12H11N3O2/c1-17-12-10(3-2-6-14-12)11(16)15-9-4-7-13-8-5-9/h2-8H,1H3,(H,13,15,16). The van der Waals surface area contributed by atoms with Gasteiger partial charge in [0.25, 0.3) is 5.91 Å². The average Bonchev–Trinajstić information content (AvgIpc) is 2.40. The summed E-state index contributed by atoms with van der Waals surface area (Å²) in [5.74, 6) is 0.0419. The van der Waals surface area contributed by atoms with Crippen LogP contribution in [0.5, 0.6) is 5.88 Å². The molecule has 5 nitrogen and oxygen atoms in total. The van der Waals surface area contributed by atoms with E-state index in [1.54, 1.807) is 42.9 Å². The number of ether oxygens (including phenoxy) is 1. The number of hydrogen-bond acceptors (Lipinski definition) is 4. The van der Waals surface area contributed by atoms with E-state index in [4.69, 9.17) is 4.74 Å². The van der Waals surface area contributed by atoms with Crippen molar-refractivity contribution in [1.29, 1.82) is 0 Å². The average molecular weight is 229 g/mol. The van der Waals surface area contributed by atoms with Gasteiger partial charge in [-0.05, 0) is 24.3 Å². The number of rotatable bonds is 3. The van der Waals surface area contributed by atoms with Gasteiger partial charge in [-0.15, -0.1) is 0 Å². The molecule has 0 aliphatic carbocycles. The van der Waals surface area contributed by atoms with Crippen LogP contribution in [-0.4, -0.2) is 23.0 Å². The summed E-state index contributed by atoms with van der Waals surface area (Å²) in [6.45, 7) is 0. The van der Waals surface area contributed by atoms with Crippen molar-refractivity contribution in [2.24, 2.45) is 0 Å². The van der Waals surface area contributed by atoms with E-state index < -0.39 is 0 Å². The van der Waals surface area contributed by atoms with Crippen molar-refractivity contribution in [3.05, 3.63) is 48.4 Å². The summed E-state index contributed by atoms with van der Waals surface area (Å²) in [5, 5.41) is 2.73. The number of amides is 1. The third-order valence-electron chi connectivity index (χ3n) is 2.15. The van der Waals surface area contributed by atoms with Gasteiger partial charge in [-0.25, -0.2) is 4.98 Å². The van der Waals surface area contributed by atoms with Crippen molar-refractivity contribution in [3.8, 4) is 5.88 Å². The second-order valence-electron chi connectivity index (χ2n) is 3.25. The quantitative estimate of drug-likeness (QED) is 0.870. The molecule has 0 unspecified atom stereocenters. The highest BCUT2D eigenvalue weighted by Gasteiger charge is 2.12. The molecule has 0 aromatic carbocycles. The maximum absolute atomic E-state index is 11.9. The smallest absolute Gasteiger partial charge is 0.261 e. The van der Waals surface area contributed by atoms with Crippen LogP contribution in [0, 0.1) is 0 Å². The van der Waals surface area contributed by atoms with Gasteiger partial charge in [0.15, 0.2) is 0 Å². The molecule has 2 heterocycles. The number of carbonyl (C=O) groups excluding carboxylic acids is 1. The van der Waals surface area contributed by atoms with Crippen LogP contribution >= 0.6 is 0 Å². The monoisotopic (exact) mass is 229 g/mol. The Morgan fingerprint density at radius 3 is 2.71 bits per heavy atom. The van der Waals surface area contributed by atoms with E-state index in [1.165, 1.54) is 7.11 Å². The minimum absolute atomic E-state index is 0.263. The Hall–Kier alpha value is -2.43. The molecule has 2 aromatic heterocycles. The van der Waals surface area contributed by atoms with E-state index in [0.717, 1.165) is 0 Å². The van der Waals surface area contributed by atoms with Crippen LogP contribution in [0.25, 0.3) is 0 Å². The normalized spacial score (nSPS) is 9.71. The van der Waals surface area contributed by atoms with Gasteiger partial charge in [0.1, 0.15) is 5.56 Å². The van der Waals surface area contributed by atoms with Gasteiger partial charge in [-0.1, -0.05) is 0 Å². The predicted octanol–water partition coefficient (Wildman–Crippen LogP) is 1.74. The van der Waals surface area contributed by atoms with Crippen LogP contribution in [0.15, 0.2) is 42.9 Å². The van der Waals surface area contributed by atoms with Gasteiger partial charge < -0.3 is 10.1 Å². The van der Waals surface area contributed by atoms with Crippen LogP contribution in [0.1, 0.15) is 10.4 Å². The molecule has 86 valence electrons. The Labute approximate surface area is 98.5 Å². The number of aromatic nitrogens is 2. The number of methoxy groups -OCH3 is 1.